The van der Waals surface area contributed by atoms with Crippen molar-refractivity contribution in [1.29, 1.82) is 0 Å². The van der Waals surface area contributed by atoms with Gasteiger partial charge in [0.05, 0.1) is 10.9 Å². The van der Waals surface area contributed by atoms with E-state index in [0.717, 1.165) is 29.7 Å². The Labute approximate surface area is 207 Å². The topological polar surface area (TPSA) is 84.5 Å². The number of carbonyl (C=O) groups excluding carboxylic acids is 1. The van der Waals surface area contributed by atoms with Crippen molar-refractivity contribution in [1.82, 2.24) is 5.32 Å². The lowest BCUT2D eigenvalue weighted by atomic mass is 9.83. The molecule has 0 saturated heterocycles. The summed E-state index contributed by atoms with van der Waals surface area (Å²) in [4.78, 5) is 13.4. The van der Waals surface area contributed by atoms with E-state index in [0.29, 0.717) is 23.2 Å². The Bertz CT molecular complexity index is 1330. The summed E-state index contributed by atoms with van der Waals surface area (Å²) in [7, 11) is -3.87. The molecule has 0 aliphatic carbocycles. The van der Waals surface area contributed by atoms with Crippen molar-refractivity contribution in [2.75, 3.05) is 4.72 Å². The van der Waals surface area contributed by atoms with Crippen LogP contribution in [-0.4, -0.2) is 19.9 Å². The minimum Gasteiger partial charge on any atom is -0.487 e. The van der Waals surface area contributed by atoms with Gasteiger partial charge in [0.2, 0.25) is 0 Å². The first kappa shape index (κ1) is 24.8. The normalized spacial score (nSPS) is 16.6. The highest BCUT2D eigenvalue weighted by atomic mass is 32.2. The number of sulfonamides is 1. The number of benzene rings is 3. The van der Waals surface area contributed by atoms with Crippen molar-refractivity contribution in [3.05, 3.63) is 89.0 Å². The predicted octanol–water partition coefficient (Wildman–Crippen LogP) is 5.92. The quantitative estimate of drug-likeness (QED) is 0.429. The monoisotopic (exact) mass is 492 g/mol. The fourth-order valence-electron chi connectivity index (χ4n) is 4.53. The second-order valence-electron chi connectivity index (χ2n) is 9.21. The number of hydrogen-bond acceptors (Lipinski definition) is 4. The van der Waals surface area contributed by atoms with Crippen molar-refractivity contribution < 1.29 is 17.9 Å². The molecule has 6 nitrogen and oxygen atoms in total. The third-order valence-corrected chi connectivity index (χ3v) is 8.36. The molecule has 3 aromatic rings. The fourth-order valence-corrected chi connectivity index (χ4v) is 5.86. The van der Waals surface area contributed by atoms with E-state index in [2.05, 4.69) is 23.9 Å². The van der Waals surface area contributed by atoms with Gasteiger partial charge in [-0.15, -0.1) is 0 Å². The summed E-state index contributed by atoms with van der Waals surface area (Å²) in [5, 5.41) is 3.13. The van der Waals surface area contributed by atoms with Crippen molar-refractivity contribution >= 4 is 21.6 Å². The number of rotatable bonds is 7. The van der Waals surface area contributed by atoms with Gasteiger partial charge in [-0.25, -0.2) is 8.42 Å². The van der Waals surface area contributed by atoms with Gasteiger partial charge in [0.15, 0.2) is 0 Å². The molecule has 1 amide bonds. The van der Waals surface area contributed by atoms with E-state index in [1.807, 2.05) is 43.3 Å². The molecule has 0 bridgehead atoms. The first-order valence-electron chi connectivity index (χ1n) is 12.0. The maximum atomic E-state index is 13.3. The third kappa shape index (κ3) is 5.20. The Morgan fingerprint density at radius 1 is 1.00 bits per heavy atom. The van der Waals surface area contributed by atoms with Crippen LogP contribution in [-0.2, 0) is 10.0 Å². The average molecular weight is 493 g/mol. The van der Waals surface area contributed by atoms with Gasteiger partial charge in [-0.05, 0) is 62.6 Å². The summed E-state index contributed by atoms with van der Waals surface area (Å²) >= 11 is 0. The Morgan fingerprint density at radius 3 is 2.37 bits per heavy atom. The van der Waals surface area contributed by atoms with Gasteiger partial charge in [0.25, 0.3) is 15.9 Å². The smallest absolute Gasteiger partial charge is 0.262 e. The van der Waals surface area contributed by atoms with E-state index in [-0.39, 0.29) is 22.4 Å². The molecule has 2 N–H and O–H groups in total. The lowest BCUT2D eigenvalue weighted by molar-refractivity contribution is 0.0227. The van der Waals surface area contributed by atoms with Crippen molar-refractivity contribution in [2.24, 2.45) is 0 Å². The van der Waals surface area contributed by atoms with Crippen LogP contribution < -0.4 is 14.8 Å². The van der Waals surface area contributed by atoms with Crippen LogP contribution in [0.1, 0.15) is 66.2 Å². The maximum absolute atomic E-state index is 13.3. The molecule has 35 heavy (non-hydrogen) atoms. The summed E-state index contributed by atoms with van der Waals surface area (Å²) in [6.45, 7) is 7.84. The van der Waals surface area contributed by atoms with E-state index in [1.54, 1.807) is 31.2 Å². The van der Waals surface area contributed by atoms with E-state index < -0.39 is 10.0 Å². The van der Waals surface area contributed by atoms with Crippen LogP contribution in [0.3, 0.4) is 0 Å². The highest BCUT2D eigenvalue weighted by Crippen LogP contribution is 2.42. The second-order valence-corrected chi connectivity index (χ2v) is 10.9. The van der Waals surface area contributed by atoms with Gasteiger partial charge in [-0.2, -0.15) is 0 Å². The number of aryl methyl sites for hydroxylation is 2. The molecule has 1 aliphatic rings. The number of nitrogens with one attached hydrogen (secondary N) is 2. The molecule has 0 unspecified atom stereocenters. The van der Waals surface area contributed by atoms with Crippen LogP contribution in [0.15, 0.2) is 71.6 Å². The van der Waals surface area contributed by atoms with Crippen LogP contribution in [0.2, 0.25) is 0 Å². The summed E-state index contributed by atoms with van der Waals surface area (Å²) in [6, 6.07) is 19.4. The maximum Gasteiger partial charge on any atom is 0.262 e. The van der Waals surface area contributed by atoms with E-state index >= 15 is 0 Å². The average Bonchev–Trinajstić information content (AvgIpc) is 2.85. The van der Waals surface area contributed by atoms with E-state index in [4.69, 9.17) is 4.74 Å². The SMILES string of the molecule is CCC1(CC)C[C@H](NC(=O)c2ccc(C)c(S(=O)(=O)Nc3ccc(C)cc3)c2)c2ccccc2O1. The summed E-state index contributed by atoms with van der Waals surface area (Å²) in [5.41, 5.74) is 2.94. The summed E-state index contributed by atoms with van der Waals surface area (Å²) < 4.78 is 35.2. The Hall–Kier alpha value is -3.32. The van der Waals surface area contributed by atoms with Crippen molar-refractivity contribution in [3.63, 3.8) is 0 Å². The number of hydrogen-bond donors (Lipinski definition) is 2. The minimum atomic E-state index is -3.87. The van der Waals surface area contributed by atoms with Crippen molar-refractivity contribution in [3.8, 4) is 5.75 Å². The van der Waals surface area contributed by atoms with Gasteiger partial charge >= 0.3 is 0 Å². The molecule has 184 valence electrons. The lowest BCUT2D eigenvalue weighted by Gasteiger charge is -2.41. The number of para-hydroxylation sites is 1. The Balaban J connectivity index is 1.61. The van der Waals surface area contributed by atoms with Gasteiger partial charge in [0.1, 0.15) is 11.4 Å². The van der Waals surface area contributed by atoms with Crippen LogP contribution >= 0.6 is 0 Å². The Morgan fingerprint density at radius 2 is 1.69 bits per heavy atom. The van der Waals surface area contributed by atoms with Crippen LogP contribution in [0.4, 0.5) is 5.69 Å². The fraction of sp³-hybridized carbons (Fsp3) is 0.321. The molecule has 0 fully saturated rings. The highest BCUT2D eigenvalue weighted by Gasteiger charge is 2.39. The molecular formula is C28H32N2O4S. The third-order valence-electron chi connectivity index (χ3n) is 6.83. The number of fused-ring (bicyclic) bond motifs is 1. The molecule has 3 aromatic carbocycles. The number of anilines is 1. The zero-order valence-electron chi connectivity index (χ0n) is 20.6. The first-order chi connectivity index (χ1) is 16.7. The Kier molecular flexibility index (Phi) is 6.90. The summed E-state index contributed by atoms with van der Waals surface area (Å²) in [5.74, 6) is 0.460. The van der Waals surface area contributed by atoms with Crippen LogP contribution in [0.25, 0.3) is 0 Å². The molecule has 1 aliphatic heterocycles. The molecule has 0 spiro atoms. The molecule has 7 heteroatoms. The standard InChI is InChI=1S/C28H32N2O4S/c1-5-28(6-2)18-24(23-9-7-8-10-25(23)34-28)29-27(31)21-14-13-20(4)26(17-21)35(32,33)30-22-15-11-19(3)12-16-22/h7-17,24,30H,5-6,18H2,1-4H3,(H,29,31)/t24-/m0/s1. The molecule has 1 atom stereocenters. The van der Waals surface area contributed by atoms with Gasteiger partial charge in [0, 0.05) is 23.2 Å². The zero-order valence-corrected chi connectivity index (χ0v) is 21.4. The largest absolute Gasteiger partial charge is 0.487 e. The van der Waals surface area contributed by atoms with E-state index in [9.17, 15) is 13.2 Å². The van der Waals surface area contributed by atoms with Crippen molar-refractivity contribution in [2.45, 2.75) is 63.5 Å². The number of carbonyl (C=O) groups is 1. The minimum absolute atomic E-state index is 0.0783. The number of ether oxygens (including phenoxy) is 1. The molecule has 0 aromatic heterocycles. The van der Waals surface area contributed by atoms with Gasteiger partial charge in [-0.3, -0.25) is 9.52 Å². The van der Waals surface area contributed by atoms with Crippen LogP contribution in [0, 0.1) is 13.8 Å². The first-order valence-corrected chi connectivity index (χ1v) is 13.4. The van der Waals surface area contributed by atoms with Gasteiger partial charge < -0.3 is 10.1 Å². The number of amides is 1. The predicted molar refractivity (Wildman–Crippen MR) is 138 cm³/mol. The molecular weight excluding hydrogens is 460 g/mol. The molecule has 4 rings (SSSR count). The second kappa shape index (κ2) is 9.74. The molecule has 0 saturated carbocycles. The zero-order chi connectivity index (χ0) is 25.2. The highest BCUT2D eigenvalue weighted by molar-refractivity contribution is 7.92. The van der Waals surface area contributed by atoms with Gasteiger partial charge in [-0.1, -0.05) is 55.8 Å². The van der Waals surface area contributed by atoms with Crippen LogP contribution in [0.5, 0.6) is 5.75 Å². The molecule has 0 radical (unpaired) electrons. The lowest BCUT2D eigenvalue weighted by Crippen LogP contribution is -2.44. The summed E-state index contributed by atoms with van der Waals surface area (Å²) in [6.07, 6.45) is 2.29. The van der Waals surface area contributed by atoms with E-state index in [1.165, 1.54) is 6.07 Å². The molecule has 1 heterocycles.